The zero-order chi connectivity index (χ0) is 13.9. The average Bonchev–Trinajstić information content (AvgIpc) is 2.20. The number of carboxylic acid groups (broad SMARTS) is 1. The Hall–Kier alpha value is -1.35. The molecule has 0 bridgehead atoms. The number of hydrogen-bond donors (Lipinski definition) is 2. The lowest BCUT2D eigenvalue weighted by Crippen LogP contribution is -2.23. The molecule has 0 aliphatic heterocycles. The number of aliphatic carboxylic acids is 1. The first kappa shape index (κ1) is 14.7. The van der Waals surface area contributed by atoms with Crippen LogP contribution in [0, 0.1) is 13.8 Å². The minimum absolute atomic E-state index is 0.0000970. The molecule has 0 radical (unpaired) electrons. The van der Waals surface area contributed by atoms with Crippen molar-refractivity contribution in [1.82, 2.24) is 5.32 Å². The van der Waals surface area contributed by atoms with Crippen molar-refractivity contribution in [3.8, 4) is 0 Å². The molecular weight excluding hydrogens is 226 g/mol. The first-order chi connectivity index (χ1) is 8.21. The highest BCUT2D eigenvalue weighted by atomic mass is 16.4. The van der Waals surface area contributed by atoms with Gasteiger partial charge in [-0.3, -0.25) is 4.79 Å². The Balaban J connectivity index is 2.91. The van der Waals surface area contributed by atoms with Crippen LogP contribution in [0.1, 0.15) is 43.0 Å². The van der Waals surface area contributed by atoms with Gasteiger partial charge in [-0.05, 0) is 41.5 Å². The molecule has 0 spiro atoms. The van der Waals surface area contributed by atoms with E-state index in [9.17, 15) is 4.79 Å². The van der Waals surface area contributed by atoms with Gasteiger partial charge in [-0.15, -0.1) is 0 Å². The lowest BCUT2D eigenvalue weighted by atomic mass is 9.84. The van der Waals surface area contributed by atoms with Crippen LogP contribution in [0.5, 0.6) is 0 Å². The molecule has 0 aromatic heterocycles. The average molecular weight is 249 g/mol. The molecule has 0 unspecified atom stereocenters. The fourth-order valence-corrected chi connectivity index (χ4v) is 2.00. The van der Waals surface area contributed by atoms with E-state index in [4.69, 9.17) is 5.11 Å². The Morgan fingerprint density at radius 2 is 1.72 bits per heavy atom. The Bertz CT molecular complexity index is 421. The fourth-order valence-electron chi connectivity index (χ4n) is 2.00. The minimum atomic E-state index is -0.823. The van der Waals surface area contributed by atoms with Crippen LogP contribution in [0.3, 0.4) is 0 Å². The van der Waals surface area contributed by atoms with Crippen LogP contribution in [0.2, 0.25) is 0 Å². The molecular formula is C15H23NO2. The largest absolute Gasteiger partial charge is 0.480 e. The van der Waals surface area contributed by atoms with E-state index in [-0.39, 0.29) is 12.0 Å². The number of aryl methyl sites for hydroxylation is 2. The van der Waals surface area contributed by atoms with Gasteiger partial charge in [-0.1, -0.05) is 32.9 Å². The summed E-state index contributed by atoms with van der Waals surface area (Å²) in [5.41, 5.74) is 5.10. The predicted octanol–water partition coefficient (Wildman–Crippen LogP) is 2.78. The molecule has 0 aliphatic carbocycles. The van der Waals surface area contributed by atoms with Crippen LogP contribution >= 0.6 is 0 Å². The summed E-state index contributed by atoms with van der Waals surface area (Å²) >= 11 is 0. The molecule has 2 N–H and O–H groups in total. The Morgan fingerprint density at radius 1 is 1.22 bits per heavy atom. The summed E-state index contributed by atoms with van der Waals surface area (Å²) in [7, 11) is 0. The van der Waals surface area contributed by atoms with E-state index in [1.165, 1.54) is 22.3 Å². The summed E-state index contributed by atoms with van der Waals surface area (Å²) in [5.74, 6) is -0.823. The normalized spacial score (nSPS) is 11.6. The van der Waals surface area contributed by atoms with E-state index < -0.39 is 5.97 Å². The third-order valence-electron chi connectivity index (χ3n) is 3.14. The van der Waals surface area contributed by atoms with Gasteiger partial charge in [0.25, 0.3) is 0 Å². The topological polar surface area (TPSA) is 49.3 Å². The van der Waals surface area contributed by atoms with Gasteiger partial charge >= 0.3 is 5.97 Å². The SMILES string of the molecule is Cc1cc(C(C)(C)C)cc(C)c1CNCC(=O)O. The lowest BCUT2D eigenvalue weighted by Gasteiger charge is -2.22. The number of carboxylic acids is 1. The molecule has 3 nitrogen and oxygen atoms in total. The van der Waals surface area contributed by atoms with E-state index in [2.05, 4.69) is 52.1 Å². The highest BCUT2D eigenvalue weighted by Gasteiger charge is 2.16. The van der Waals surface area contributed by atoms with Crippen molar-refractivity contribution >= 4 is 5.97 Å². The molecule has 18 heavy (non-hydrogen) atoms. The number of benzene rings is 1. The molecule has 0 saturated carbocycles. The van der Waals surface area contributed by atoms with Gasteiger partial charge in [0.2, 0.25) is 0 Å². The van der Waals surface area contributed by atoms with Gasteiger partial charge in [0, 0.05) is 6.54 Å². The zero-order valence-corrected chi connectivity index (χ0v) is 11.9. The molecule has 1 rings (SSSR count). The van der Waals surface area contributed by atoms with Gasteiger partial charge in [-0.25, -0.2) is 0 Å². The van der Waals surface area contributed by atoms with E-state index in [1.54, 1.807) is 0 Å². The van der Waals surface area contributed by atoms with Crippen LogP contribution in [-0.4, -0.2) is 17.6 Å². The van der Waals surface area contributed by atoms with Gasteiger partial charge < -0.3 is 10.4 Å². The monoisotopic (exact) mass is 249 g/mol. The second-order valence-corrected chi connectivity index (χ2v) is 5.84. The van der Waals surface area contributed by atoms with Crippen molar-refractivity contribution in [2.45, 2.75) is 46.6 Å². The van der Waals surface area contributed by atoms with Crippen molar-refractivity contribution in [3.05, 3.63) is 34.4 Å². The first-order valence-electron chi connectivity index (χ1n) is 6.25. The molecule has 0 amide bonds. The molecule has 100 valence electrons. The Kier molecular flexibility index (Phi) is 4.52. The summed E-state index contributed by atoms with van der Waals surface area (Å²) in [4.78, 5) is 10.5. The molecule has 0 aliphatic rings. The second kappa shape index (κ2) is 5.53. The maximum atomic E-state index is 10.5. The van der Waals surface area contributed by atoms with Gasteiger partial charge in [0.1, 0.15) is 0 Å². The van der Waals surface area contributed by atoms with Crippen LogP contribution in [0.4, 0.5) is 0 Å². The van der Waals surface area contributed by atoms with E-state index in [1.807, 2.05) is 0 Å². The zero-order valence-electron chi connectivity index (χ0n) is 11.9. The molecule has 1 aromatic carbocycles. The van der Waals surface area contributed by atoms with Crippen LogP contribution in [0.15, 0.2) is 12.1 Å². The van der Waals surface area contributed by atoms with Crippen LogP contribution in [0.25, 0.3) is 0 Å². The third-order valence-corrected chi connectivity index (χ3v) is 3.14. The van der Waals surface area contributed by atoms with Crippen molar-refractivity contribution in [1.29, 1.82) is 0 Å². The summed E-state index contributed by atoms with van der Waals surface area (Å²) in [6.07, 6.45) is 0. The van der Waals surface area contributed by atoms with E-state index in [0.29, 0.717) is 6.54 Å². The molecule has 1 aromatic rings. The first-order valence-corrected chi connectivity index (χ1v) is 6.25. The summed E-state index contributed by atoms with van der Waals surface area (Å²) < 4.78 is 0. The summed E-state index contributed by atoms with van der Waals surface area (Å²) in [5, 5.41) is 11.6. The van der Waals surface area contributed by atoms with E-state index in [0.717, 1.165) is 0 Å². The predicted molar refractivity (Wildman–Crippen MR) is 74.0 cm³/mol. The summed E-state index contributed by atoms with van der Waals surface area (Å²) in [6, 6.07) is 4.40. The number of hydrogen-bond acceptors (Lipinski definition) is 2. The van der Waals surface area contributed by atoms with Crippen molar-refractivity contribution in [2.24, 2.45) is 0 Å². The second-order valence-electron chi connectivity index (χ2n) is 5.84. The minimum Gasteiger partial charge on any atom is -0.480 e. The lowest BCUT2D eigenvalue weighted by molar-refractivity contribution is -0.135. The molecule has 0 fully saturated rings. The summed E-state index contributed by atoms with van der Waals surface area (Å²) in [6.45, 7) is 11.4. The highest BCUT2D eigenvalue weighted by Crippen LogP contribution is 2.26. The van der Waals surface area contributed by atoms with Crippen molar-refractivity contribution in [3.63, 3.8) is 0 Å². The quantitative estimate of drug-likeness (QED) is 0.862. The van der Waals surface area contributed by atoms with Gasteiger partial charge in [0.15, 0.2) is 0 Å². The standard InChI is InChI=1S/C15H23NO2/c1-10-6-12(15(3,4)5)7-11(2)13(10)8-16-9-14(17)18/h6-7,16H,8-9H2,1-5H3,(H,17,18). The van der Waals surface area contributed by atoms with E-state index >= 15 is 0 Å². The molecule has 0 heterocycles. The number of carbonyl (C=O) groups is 1. The molecule has 3 heteroatoms. The van der Waals surface area contributed by atoms with Gasteiger partial charge in [0.05, 0.1) is 6.54 Å². The van der Waals surface area contributed by atoms with Crippen molar-refractivity contribution < 1.29 is 9.90 Å². The Morgan fingerprint density at radius 3 is 2.11 bits per heavy atom. The van der Waals surface area contributed by atoms with Crippen LogP contribution < -0.4 is 5.32 Å². The maximum Gasteiger partial charge on any atom is 0.317 e. The Labute approximate surface area is 109 Å². The number of rotatable bonds is 4. The van der Waals surface area contributed by atoms with Crippen LogP contribution in [-0.2, 0) is 16.8 Å². The fraction of sp³-hybridized carbons (Fsp3) is 0.533. The maximum absolute atomic E-state index is 10.5. The molecule has 0 saturated heterocycles. The highest BCUT2D eigenvalue weighted by molar-refractivity contribution is 5.69. The van der Waals surface area contributed by atoms with Gasteiger partial charge in [-0.2, -0.15) is 0 Å². The smallest absolute Gasteiger partial charge is 0.317 e. The molecule has 0 atom stereocenters. The number of nitrogens with one attached hydrogen (secondary N) is 1. The third kappa shape index (κ3) is 3.84. The van der Waals surface area contributed by atoms with Crippen molar-refractivity contribution in [2.75, 3.05) is 6.54 Å².